The standard InChI is InChI=1S/C52H67F3N2O14/c53-52(54,55)41-9-7-10-42(39-41)57-49-16-6-5-15-47(49)50(58)70-38-37-69-36-35-68-34-33-67-32-31-66-30-29-65-28-27-64-26-25-63-24-23-62-22-21-61-20-19-60-18-8-17-56-51(59)71-40-48-45-13-3-1-11-43(45)44-12-2-4-14-46(44)48/h1-7,9-16,39,48,57H,8,17-38,40H2,(H,56,59). The summed E-state index contributed by atoms with van der Waals surface area (Å²) in [5, 5.41) is 5.66. The van der Waals surface area contributed by atoms with Crippen molar-refractivity contribution in [1.82, 2.24) is 5.32 Å². The van der Waals surface area contributed by atoms with Crippen LogP contribution >= 0.6 is 0 Å². The number of anilines is 2. The van der Waals surface area contributed by atoms with Crippen LogP contribution in [-0.4, -0.2) is 164 Å². The van der Waals surface area contributed by atoms with Crippen molar-refractivity contribution >= 4 is 23.4 Å². The maximum Gasteiger partial charge on any atom is 0.416 e. The van der Waals surface area contributed by atoms with Crippen LogP contribution in [0.4, 0.5) is 29.3 Å². The Morgan fingerprint density at radius 1 is 0.465 bits per heavy atom. The summed E-state index contributed by atoms with van der Waals surface area (Å²) in [4.78, 5) is 24.9. The van der Waals surface area contributed by atoms with Gasteiger partial charge in [0.25, 0.3) is 0 Å². The maximum absolute atomic E-state index is 13.1. The lowest BCUT2D eigenvalue weighted by Gasteiger charge is -2.14. The third kappa shape index (κ3) is 22.4. The molecule has 19 heteroatoms. The lowest BCUT2D eigenvalue weighted by atomic mass is 9.98. The first-order chi connectivity index (χ1) is 34.8. The summed E-state index contributed by atoms with van der Waals surface area (Å²) >= 11 is 0. The summed E-state index contributed by atoms with van der Waals surface area (Å²) in [5.74, 6) is -0.600. The molecule has 1 aliphatic carbocycles. The van der Waals surface area contributed by atoms with E-state index in [4.69, 9.17) is 56.8 Å². The Kier molecular flexibility index (Phi) is 27.3. The number of alkyl halides is 3. The van der Waals surface area contributed by atoms with Crippen molar-refractivity contribution in [3.8, 4) is 11.1 Å². The number of hydrogen-bond donors (Lipinski definition) is 2. The summed E-state index contributed by atoms with van der Waals surface area (Å²) in [6.45, 7) is 9.04. The van der Waals surface area contributed by atoms with Gasteiger partial charge >= 0.3 is 18.2 Å². The van der Waals surface area contributed by atoms with Crippen LogP contribution in [-0.2, 0) is 63.0 Å². The molecule has 16 nitrogen and oxygen atoms in total. The third-order valence-corrected chi connectivity index (χ3v) is 10.5. The van der Waals surface area contributed by atoms with Gasteiger partial charge in [0.15, 0.2) is 0 Å². The number of esters is 1. The number of carbonyl (C=O) groups excluding carboxylic acids is 2. The average Bonchev–Trinajstić information content (AvgIpc) is 3.70. The molecule has 0 saturated heterocycles. The van der Waals surface area contributed by atoms with E-state index in [1.165, 1.54) is 40.5 Å². The van der Waals surface area contributed by atoms with Crippen molar-refractivity contribution in [2.75, 3.05) is 157 Å². The molecule has 1 aliphatic rings. The quantitative estimate of drug-likeness (QED) is 0.0329. The molecule has 0 aromatic heterocycles. The van der Waals surface area contributed by atoms with Crippen LogP contribution in [0.25, 0.3) is 11.1 Å². The first kappa shape index (κ1) is 56.7. The molecule has 2 N–H and O–H groups in total. The van der Waals surface area contributed by atoms with Crippen molar-refractivity contribution in [1.29, 1.82) is 0 Å². The number of rotatable bonds is 39. The number of nitrogens with one attached hydrogen (secondary N) is 2. The maximum atomic E-state index is 13.1. The second kappa shape index (κ2) is 34.2. The molecule has 0 heterocycles. The molecule has 0 atom stereocenters. The lowest BCUT2D eigenvalue weighted by molar-refractivity contribution is -0.137. The molecule has 0 spiro atoms. The van der Waals surface area contributed by atoms with Crippen LogP contribution in [0.15, 0.2) is 97.1 Å². The minimum Gasteiger partial charge on any atom is -0.460 e. The second-order valence-electron chi connectivity index (χ2n) is 15.6. The number of amides is 1. The largest absolute Gasteiger partial charge is 0.460 e. The zero-order valence-corrected chi connectivity index (χ0v) is 40.1. The number of para-hydroxylation sites is 1. The smallest absolute Gasteiger partial charge is 0.416 e. The van der Waals surface area contributed by atoms with Crippen LogP contribution in [0, 0.1) is 0 Å². The third-order valence-electron chi connectivity index (χ3n) is 10.5. The molecular weight excluding hydrogens is 934 g/mol. The number of benzene rings is 4. The Morgan fingerprint density at radius 2 is 0.887 bits per heavy atom. The highest BCUT2D eigenvalue weighted by molar-refractivity contribution is 5.96. The van der Waals surface area contributed by atoms with E-state index in [2.05, 4.69) is 34.9 Å². The zero-order valence-electron chi connectivity index (χ0n) is 40.1. The minimum absolute atomic E-state index is 0.00990. The fourth-order valence-corrected chi connectivity index (χ4v) is 7.07. The first-order valence-electron chi connectivity index (χ1n) is 23.9. The molecular formula is C52H67F3N2O14. The van der Waals surface area contributed by atoms with E-state index in [0.717, 1.165) is 12.1 Å². The molecule has 0 aliphatic heterocycles. The van der Waals surface area contributed by atoms with E-state index in [-0.39, 0.29) is 37.0 Å². The van der Waals surface area contributed by atoms with Gasteiger partial charge in [0.2, 0.25) is 0 Å². The Labute approximate surface area is 413 Å². The normalized spacial score (nSPS) is 12.2. The number of carbonyl (C=O) groups is 2. The fraction of sp³-hybridized carbons (Fsp3) is 0.500. The number of halogens is 3. The SMILES string of the molecule is O=C(NCCCOCCOCCOCCOCCOCCOCCOCCOCCOCCOCCOC(=O)c1ccccc1Nc1cccc(C(F)(F)F)c1)OCC1c2ccccc2-c2ccccc21. The van der Waals surface area contributed by atoms with Crippen molar-refractivity contribution in [3.05, 3.63) is 119 Å². The molecule has 4 aromatic rings. The monoisotopic (exact) mass is 1000 g/mol. The summed E-state index contributed by atoms with van der Waals surface area (Å²) < 4.78 is 105. The van der Waals surface area contributed by atoms with Gasteiger partial charge in [-0.25, -0.2) is 9.59 Å². The Bertz CT molecular complexity index is 2050. The van der Waals surface area contributed by atoms with Gasteiger partial charge in [0.05, 0.1) is 142 Å². The average molecular weight is 1000 g/mol. The number of alkyl carbamates (subject to hydrolysis) is 1. The number of fused-ring (bicyclic) bond motifs is 3. The Hall–Kier alpha value is -5.19. The van der Waals surface area contributed by atoms with E-state index < -0.39 is 23.8 Å². The molecule has 0 radical (unpaired) electrons. The van der Waals surface area contributed by atoms with Crippen LogP contribution in [0.1, 0.15) is 39.4 Å². The molecule has 71 heavy (non-hydrogen) atoms. The molecule has 0 bridgehead atoms. The predicted octanol–water partition coefficient (Wildman–Crippen LogP) is 7.70. The summed E-state index contributed by atoms with van der Waals surface area (Å²) in [6, 6.07) is 27.6. The van der Waals surface area contributed by atoms with Gasteiger partial charge in [-0.3, -0.25) is 0 Å². The highest BCUT2D eigenvalue weighted by Crippen LogP contribution is 2.44. The van der Waals surface area contributed by atoms with E-state index in [9.17, 15) is 22.8 Å². The van der Waals surface area contributed by atoms with Gasteiger partial charge in [-0.15, -0.1) is 0 Å². The van der Waals surface area contributed by atoms with E-state index in [1.807, 2.05) is 24.3 Å². The fourth-order valence-electron chi connectivity index (χ4n) is 7.07. The highest BCUT2D eigenvalue weighted by atomic mass is 19.4. The zero-order chi connectivity index (χ0) is 50.0. The molecule has 0 unspecified atom stereocenters. The topological polar surface area (TPSA) is 169 Å². The minimum atomic E-state index is -4.48. The molecule has 0 fully saturated rings. The van der Waals surface area contributed by atoms with Gasteiger partial charge in [-0.2, -0.15) is 13.2 Å². The predicted molar refractivity (Wildman–Crippen MR) is 257 cm³/mol. The molecule has 0 saturated carbocycles. The molecule has 5 rings (SSSR count). The van der Waals surface area contributed by atoms with Crippen molar-refractivity contribution in [2.45, 2.75) is 18.5 Å². The first-order valence-corrected chi connectivity index (χ1v) is 23.9. The molecule has 1 amide bonds. The van der Waals surface area contributed by atoms with Crippen molar-refractivity contribution in [3.63, 3.8) is 0 Å². The van der Waals surface area contributed by atoms with Crippen LogP contribution in [0.3, 0.4) is 0 Å². The van der Waals surface area contributed by atoms with Gasteiger partial charge in [0, 0.05) is 24.8 Å². The van der Waals surface area contributed by atoms with Gasteiger partial charge in [-0.05, 0) is 59.0 Å². The van der Waals surface area contributed by atoms with E-state index in [1.54, 1.807) is 18.2 Å². The summed E-state index contributed by atoms with van der Waals surface area (Å²) in [6.07, 6.45) is -4.25. The molecule has 390 valence electrons. The van der Waals surface area contributed by atoms with E-state index in [0.29, 0.717) is 144 Å². The Balaban J connectivity index is 0.684. The van der Waals surface area contributed by atoms with Crippen molar-refractivity contribution in [2.24, 2.45) is 0 Å². The Morgan fingerprint density at radius 3 is 1.37 bits per heavy atom. The van der Waals surface area contributed by atoms with Gasteiger partial charge in [0.1, 0.15) is 13.2 Å². The highest BCUT2D eigenvalue weighted by Gasteiger charge is 2.31. The molecule has 4 aromatic carbocycles. The van der Waals surface area contributed by atoms with Crippen LogP contribution < -0.4 is 10.6 Å². The van der Waals surface area contributed by atoms with Gasteiger partial charge in [-0.1, -0.05) is 66.7 Å². The lowest BCUT2D eigenvalue weighted by Crippen LogP contribution is -2.27. The van der Waals surface area contributed by atoms with E-state index >= 15 is 0 Å². The van der Waals surface area contributed by atoms with Crippen molar-refractivity contribution < 1.29 is 79.6 Å². The number of hydrogen-bond acceptors (Lipinski definition) is 15. The second-order valence-corrected chi connectivity index (χ2v) is 15.6. The van der Waals surface area contributed by atoms with Crippen LogP contribution in [0.2, 0.25) is 0 Å². The van der Waals surface area contributed by atoms with Crippen LogP contribution in [0.5, 0.6) is 0 Å². The van der Waals surface area contributed by atoms with Gasteiger partial charge < -0.3 is 67.5 Å². The summed E-state index contributed by atoms with van der Waals surface area (Å²) in [7, 11) is 0. The number of ether oxygens (including phenoxy) is 12. The summed E-state index contributed by atoms with van der Waals surface area (Å²) in [5.41, 5.74) is 4.65.